The van der Waals surface area contributed by atoms with Crippen molar-refractivity contribution in [2.45, 2.75) is 69.8 Å². The van der Waals surface area contributed by atoms with Crippen LogP contribution in [0.1, 0.15) is 41.5 Å². The first-order valence-electron chi connectivity index (χ1n) is 11.9. The van der Waals surface area contributed by atoms with Crippen molar-refractivity contribution >= 4 is 24.1 Å². The summed E-state index contributed by atoms with van der Waals surface area (Å²) in [6, 6.07) is -5.91. The van der Waals surface area contributed by atoms with Gasteiger partial charge in [-0.3, -0.25) is 0 Å². The highest BCUT2D eigenvalue weighted by atomic mass is 31.2. The summed E-state index contributed by atoms with van der Waals surface area (Å²) < 4.78 is 242. The van der Waals surface area contributed by atoms with Gasteiger partial charge in [0.1, 0.15) is 23.3 Å². The first-order valence-corrected chi connectivity index (χ1v) is 14.0. The number of rotatable bonds is 2. The summed E-state index contributed by atoms with van der Waals surface area (Å²) >= 11 is 0. The van der Waals surface area contributed by atoms with Gasteiger partial charge in [0.25, 0.3) is 5.60 Å². The fourth-order valence-corrected chi connectivity index (χ4v) is 14.8. The fourth-order valence-electron chi connectivity index (χ4n) is 6.58. The van der Waals surface area contributed by atoms with Crippen LogP contribution in [0.4, 0.5) is 70.2 Å². The van der Waals surface area contributed by atoms with Crippen LogP contribution in [0, 0.1) is 58.2 Å². The van der Waals surface area contributed by atoms with E-state index in [0.29, 0.717) is 0 Å². The van der Waals surface area contributed by atoms with E-state index in [0.717, 1.165) is 41.5 Å². The SMILES string of the molecule is CC(C)(C)[P+]1(C(C)(C)C)CC(C(F)(F)F)(C(F)(F)F)O[B-]1(c1c(F)c(F)c(F)c(F)c1F)c1c(F)c(F)c(F)c(F)c1F. The lowest BCUT2D eigenvalue weighted by molar-refractivity contribution is -0.348. The monoisotopic (exact) mass is 670 g/mol. The second-order valence-electron chi connectivity index (χ2n) is 12.0. The molecule has 2 aromatic rings. The summed E-state index contributed by atoms with van der Waals surface area (Å²) in [6.07, 6.45) is -15.9. The molecule has 19 heteroatoms. The lowest BCUT2D eigenvalue weighted by Crippen LogP contribution is -2.71. The molecule has 1 saturated heterocycles. The number of benzene rings is 2. The van der Waals surface area contributed by atoms with Crippen LogP contribution >= 0.6 is 7.14 Å². The molecule has 1 heterocycles. The molecule has 3 rings (SSSR count). The van der Waals surface area contributed by atoms with Crippen molar-refractivity contribution in [1.29, 1.82) is 0 Å². The summed E-state index contributed by atoms with van der Waals surface area (Å²) in [5.74, 6) is -30.8. The van der Waals surface area contributed by atoms with Gasteiger partial charge in [-0.15, -0.1) is 0 Å². The summed E-state index contributed by atoms with van der Waals surface area (Å²) in [5, 5.41) is -4.60. The molecule has 43 heavy (non-hydrogen) atoms. The van der Waals surface area contributed by atoms with E-state index >= 15 is 17.6 Å². The zero-order valence-corrected chi connectivity index (χ0v) is 23.6. The van der Waals surface area contributed by atoms with Gasteiger partial charge in [-0.25, -0.2) is 43.9 Å². The van der Waals surface area contributed by atoms with E-state index in [4.69, 9.17) is 0 Å². The molecule has 2 aromatic carbocycles. The molecule has 0 radical (unpaired) electrons. The van der Waals surface area contributed by atoms with Gasteiger partial charge < -0.3 is 4.65 Å². The average Bonchev–Trinajstić information content (AvgIpc) is 3.19. The Morgan fingerprint density at radius 1 is 0.488 bits per heavy atom. The van der Waals surface area contributed by atoms with E-state index < -0.39 is 117 Å². The molecule has 0 bridgehead atoms. The zero-order valence-electron chi connectivity index (χ0n) is 22.7. The van der Waals surface area contributed by atoms with E-state index in [-0.39, 0.29) is 0 Å². The van der Waals surface area contributed by atoms with Crippen LogP contribution < -0.4 is 10.9 Å². The minimum absolute atomic E-state index is 0.826. The first kappa shape index (κ1) is 35.3. The lowest BCUT2D eigenvalue weighted by atomic mass is 9.51. The van der Waals surface area contributed by atoms with Crippen LogP contribution in [-0.4, -0.2) is 40.5 Å². The maximum atomic E-state index is 15.7. The summed E-state index contributed by atoms with van der Waals surface area (Å²) in [5.41, 5.74) is -11.1. The molecular formula is C24H20BF16OP. The smallest absolute Gasteiger partial charge is 0.426 e. The van der Waals surface area contributed by atoms with Gasteiger partial charge in [0, 0.05) is 10.3 Å². The van der Waals surface area contributed by atoms with Crippen molar-refractivity contribution in [3.63, 3.8) is 0 Å². The maximum absolute atomic E-state index is 15.7. The van der Waals surface area contributed by atoms with E-state index in [9.17, 15) is 52.7 Å². The molecule has 0 N–H and O–H groups in total. The highest BCUT2D eigenvalue weighted by Gasteiger charge is 2.87. The topological polar surface area (TPSA) is 9.23 Å². The molecule has 0 spiro atoms. The number of hydrogen-bond acceptors (Lipinski definition) is 1. The average molecular weight is 670 g/mol. The largest absolute Gasteiger partial charge is 0.528 e. The molecule has 1 fully saturated rings. The van der Waals surface area contributed by atoms with E-state index in [2.05, 4.69) is 4.65 Å². The van der Waals surface area contributed by atoms with Crippen molar-refractivity contribution in [1.82, 2.24) is 0 Å². The van der Waals surface area contributed by atoms with Gasteiger partial charge in [-0.05, 0) is 41.5 Å². The third kappa shape index (κ3) is 4.31. The molecule has 1 aliphatic heterocycles. The Balaban J connectivity index is 3.01. The molecule has 0 saturated carbocycles. The number of hydrogen-bond donors (Lipinski definition) is 0. The third-order valence-corrected chi connectivity index (χ3v) is 15.6. The molecule has 0 unspecified atom stereocenters. The van der Waals surface area contributed by atoms with Crippen molar-refractivity contribution in [3.05, 3.63) is 58.2 Å². The normalized spacial score (nSPS) is 18.8. The second-order valence-corrected chi connectivity index (χ2v) is 17.5. The van der Waals surface area contributed by atoms with Gasteiger partial charge in [0.05, 0.1) is 6.16 Å². The minimum atomic E-state index is -6.70. The fraction of sp³-hybridized carbons (Fsp3) is 0.500. The third-order valence-electron chi connectivity index (χ3n) is 8.04. The van der Waals surface area contributed by atoms with Gasteiger partial charge in [0.15, 0.2) is 34.9 Å². The number of halogens is 16. The molecule has 0 aliphatic carbocycles. The van der Waals surface area contributed by atoms with E-state index in [1.807, 2.05) is 0 Å². The van der Waals surface area contributed by atoms with E-state index in [1.165, 1.54) is 0 Å². The Morgan fingerprint density at radius 2 is 0.721 bits per heavy atom. The van der Waals surface area contributed by atoms with Crippen LogP contribution in [0.5, 0.6) is 0 Å². The highest BCUT2D eigenvalue weighted by molar-refractivity contribution is 8.13. The lowest BCUT2D eigenvalue weighted by Gasteiger charge is -2.58. The number of alkyl halides is 6. The van der Waals surface area contributed by atoms with Gasteiger partial charge in [-0.1, -0.05) is 18.1 Å². The van der Waals surface area contributed by atoms with Crippen molar-refractivity contribution < 1.29 is 74.9 Å². The Bertz CT molecular complexity index is 1330. The van der Waals surface area contributed by atoms with Crippen molar-refractivity contribution in [2.24, 2.45) is 0 Å². The molecular weight excluding hydrogens is 650 g/mol. The Labute approximate surface area is 233 Å². The van der Waals surface area contributed by atoms with Crippen LogP contribution in [0.25, 0.3) is 0 Å². The Kier molecular flexibility index (Phi) is 8.11. The van der Waals surface area contributed by atoms with Crippen LogP contribution in [-0.2, 0) is 4.65 Å². The van der Waals surface area contributed by atoms with E-state index in [1.54, 1.807) is 0 Å². The van der Waals surface area contributed by atoms with Crippen LogP contribution in [0.3, 0.4) is 0 Å². The molecule has 0 aromatic heterocycles. The zero-order chi connectivity index (χ0) is 33.8. The predicted molar refractivity (Wildman–Crippen MR) is 125 cm³/mol. The Morgan fingerprint density at radius 3 is 0.930 bits per heavy atom. The van der Waals surface area contributed by atoms with Crippen molar-refractivity contribution in [3.8, 4) is 0 Å². The maximum Gasteiger partial charge on any atom is 0.426 e. The summed E-state index contributed by atoms with van der Waals surface area (Å²) in [6.45, 7) is 4.96. The summed E-state index contributed by atoms with van der Waals surface area (Å²) in [7, 11) is -5.40. The second kappa shape index (κ2) is 9.89. The molecule has 0 amide bonds. The quantitative estimate of drug-likeness (QED) is 0.103. The van der Waals surface area contributed by atoms with Crippen molar-refractivity contribution in [2.75, 3.05) is 6.16 Å². The standard InChI is InChI=1S/C24H20BF16OP/c1-20(2,3)43(21(4,5)6)7-22(23(36,37)38,24(39,40)41)42-25(43,8-10(26)14(30)18(34)15(31)11(8)27)9-12(28)16(32)19(35)17(33)13(9)29/h7H2,1-6H3. The van der Waals surface area contributed by atoms with Crippen LogP contribution in [0.15, 0.2) is 0 Å². The highest BCUT2D eigenvalue weighted by Crippen LogP contribution is 2.87. The minimum Gasteiger partial charge on any atom is -0.528 e. The first-order chi connectivity index (χ1) is 19.0. The van der Waals surface area contributed by atoms with Gasteiger partial charge in [0.2, 0.25) is 0 Å². The molecule has 242 valence electrons. The molecule has 1 nitrogen and oxygen atoms in total. The Hall–Kier alpha value is -2.23. The van der Waals surface area contributed by atoms with Gasteiger partial charge >= 0.3 is 18.4 Å². The predicted octanol–water partition coefficient (Wildman–Crippen LogP) is 8.14. The summed E-state index contributed by atoms with van der Waals surface area (Å²) in [4.78, 5) is 0. The van der Waals surface area contributed by atoms with Gasteiger partial charge in [-0.2, -0.15) is 26.3 Å². The molecule has 0 atom stereocenters. The molecule has 1 aliphatic rings. The van der Waals surface area contributed by atoms with Crippen LogP contribution in [0.2, 0.25) is 0 Å².